The molecule has 0 aliphatic carbocycles. The van der Waals surface area contributed by atoms with Crippen LogP contribution in [0.15, 0.2) is 48.4 Å². The highest BCUT2D eigenvalue weighted by Gasteiger charge is 2.39. The Kier molecular flexibility index (Phi) is 5.09. The summed E-state index contributed by atoms with van der Waals surface area (Å²) >= 11 is 0. The number of fused-ring (bicyclic) bond motifs is 1. The quantitative estimate of drug-likeness (QED) is 0.412. The predicted octanol–water partition coefficient (Wildman–Crippen LogP) is 2.80. The van der Waals surface area contributed by atoms with Crippen molar-refractivity contribution in [2.24, 2.45) is 0 Å². The van der Waals surface area contributed by atoms with Gasteiger partial charge in [-0.15, -0.1) is 0 Å². The summed E-state index contributed by atoms with van der Waals surface area (Å²) in [5.74, 6) is -0.426. The summed E-state index contributed by atoms with van der Waals surface area (Å²) in [6, 6.07) is 7.73. The molecule has 0 saturated heterocycles. The fourth-order valence-electron chi connectivity index (χ4n) is 4.57. The van der Waals surface area contributed by atoms with Gasteiger partial charge in [-0.3, -0.25) is 4.79 Å². The van der Waals surface area contributed by atoms with E-state index in [0.29, 0.717) is 28.5 Å². The molecule has 0 spiro atoms. The summed E-state index contributed by atoms with van der Waals surface area (Å²) in [4.78, 5) is 29.2. The van der Waals surface area contributed by atoms with E-state index in [0.717, 1.165) is 11.1 Å². The third kappa shape index (κ3) is 3.58. The van der Waals surface area contributed by atoms with Crippen molar-refractivity contribution < 1.29 is 33.1 Å². The van der Waals surface area contributed by atoms with E-state index in [1.54, 1.807) is 22.9 Å². The number of benzene rings is 1. The average Bonchev–Trinajstić information content (AvgIpc) is 3.44. The molecule has 1 aromatic heterocycles. The molecule has 0 fully saturated rings. The Morgan fingerprint density at radius 3 is 2.82 bits per heavy atom. The lowest BCUT2D eigenvalue weighted by Gasteiger charge is -2.23. The molecule has 1 atom stereocenters. The standard InChI is InChI=1S/C25H22FN3O5/c1-25(2)17(10-20(34-25)22-16-8-14(26)5-6-18(16)28-23(22)31)13-4-7-21(27-11-13)29-12-15(30)9-19(29)24(32)33-3/h4-8,10-11,15,30H,9,12H2,1-3H3/p+1/t15-/m1/s1. The topological polar surface area (TPSA) is 101 Å². The molecule has 1 aromatic carbocycles. The van der Waals surface area contributed by atoms with Crippen LogP contribution in [0.4, 0.5) is 15.9 Å². The molecule has 34 heavy (non-hydrogen) atoms. The van der Waals surface area contributed by atoms with E-state index in [4.69, 9.17) is 9.47 Å². The fourth-order valence-corrected chi connectivity index (χ4v) is 4.57. The third-order valence-electron chi connectivity index (χ3n) is 6.17. The van der Waals surface area contributed by atoms with E-state index in [1.807, 2.05) is 19.9 Å². The maximum absolute atomic E-state index is 13.9. The minimum atomic E-state index is -0.769. The summed E-state index contributed by atoms with van der Waals surface area (Å²) in [6.07, 6.45) is 2.95. The van der Waals surface area contributed by atoms with Gasteiger partial charge in [-0.05, 0) is 49.2 Å². The summed E-state index contributed by atoms with van der Waals surface area (Å²) in [6.45, 7) is 3.99. The minimum absolute atomic E-state index is 0.198. The molecule has 2 N–H and O–H groups in total. The van der Waals surface area contributed by atoms with Crippen LogP contribution in [0.3, 0.4) is 0 Å². The number of halogens is 1. The van der Waals surface area contributed by atoms with Gasteiger partial charge in [-0.2, -0.15) is 0 Å². The van der Waals surface area contributed by atoms with Gasteiger partial charge in [0.15, 0.2) is 5.71 Å². The number of esters is 1. The Hall–Kier alpha value is -3.85. The number of rotatable bonds is 3. The Morgan fingerprint density at radius 2 is 2.12 bits per heavy atom. The number of carbonyl (C=O) groups excluding carboxylic acids is 2. The number of ether oxygens (including phenoxy) is 2. The molecule has 0 saturated carbocycles. The highest BCUT2D eigenvalue weighted by molar-refractivity contribution is 6.34. The first kappa shape index (κ1) is 22.0. The summed E-state index contributed by atoms with van der Waals surface area (Å²) in [5, 5.41) is 12.8. The van der Waals surface area contributed by atoms with E-state index in [1.165, 1.54) is 25.3 Å². The molecule has 0 bridgehead atoms. The molecular weight excluding hydrogens is 441 g/mol. The number of allylic oxidation sites excluding steroid dienone is 1. The van der Waals surface area contributed by atoms with Crippen molar-refractivity contribution in [3.05, 3.63) is 65.3 Å². The molecular formula is C25H23FN3O5+. The number of pyridine rings is 1. The molecule has 0 unspecified atom stereocenters. The highest BCUT2D eigenvalue weighted by atomic mass is 19.1. The molecule has 5 rings (SSSR count). The number of aliphatic hydroxyl groups excluding tert-OH is 1. The molecule has 174 valence electrons. The highest BCUT2D eigenvalue weighted by Crippen LogP contribution is 2.44. The van der Waals surface area contributed by atoms with Crippen LogP contribution in [0.2, 0.25) is 0 Å². The monoisotopic (exact) mass is 464 g/mol. The van der Waals surface area contributed by atoms with Gasteiger partial charge < -0.3 is 19.9 Å². The number of carbonyl (C=O) groups is 2. The van der Waals surface area contributed by atoms with Crippen LogP contribution >= 0.6 is 0 Å². The van der Waals surface area contributed by atoms with E-state index >= 15 is 0 Å². The van der Waals surface area contributed by atoms with Crippen LogP contribution in [0, 0.1) is 5.82 Å². The van der Waals surface area contributed by atoms with Gasteiger partial charge in [0, 0.05) is 34.9 Å². The van der Waals surface area contributed by atoms with Crippen LogP contribution < -0.4 is 5.32 Å². The lowest BCUT2D eigenvalue weighted by molar-refractivity contribution is -0.443. The van der Waals surface area contributed by atoms with Gasteiger partial charge in [0.1, 0.15) is 29.9 Å². The number of hydrogen-bond acceptors (Lipinski definition) is 6. The summed E-state index contributed by atoms with van der Waals surface area (Å²) in [5.41, 5.74) is 2.42. The van der Waals surface area contributed by atoms with Gasteiger partial charge in [0.05, 0.1) is 18.8 Å². The van der Waals surface area contributed by atoms with E-state index in [2.05, 4.69) is 10.3 Å². The van der Waals surface area contributed by atoms with Gasteiger partial charge in [0.2, 0.25) is 0 Å². The van der Waals surface area contributed by atoms with E-state index < -0.39 is 23.5 Å². The van der Waals surface area contributed by atoms with Gasteiger partial charge >= 0.3 is 11.8 Å². The smallest absolute Gasteiger partial charge is 0.373 e. The molecule has 4 heterocycles. The number of amides is 1. The van der Waals surface area contributed by atoms with Crippen molar-refractivity contribution in [3.8, 4) is 0 Å². The lowest BCUT2D eigenvalue weighted by Crippen LogP contribution is -2.22. The number of hydrogen-bond donors (Lipinski definition) is 2. The van der Waals surface area contributed by atoms with Crippen LogP contribution in [0.5, 0.6) is 0 Å². The largest absolute Gasteiger partial charge is 0.482 e. The Balaban J connectivity index is 1.53. The summed E-state index contributed by atoms with van der Waals surface area (Å²) in [7, 11) is 1.30. The molecule has 3 aliphatic heterocycles. The van der Waals surface area contributed by atoms with Crippen molar-refractivity contribution in [1.82, 2.24) is 4.98 Å². The number of aliphatic hydroxyl groups is 1. The zero-order valence-electron chi connectivity index (χ0n) is 18.9. The van der Waals surface area contributed by atoms with Crippen molar-refractivity contribution in [2.45, 2.75) is 32.0 Å². The number of nitrogens with one attached hydrogen (secondary N) is 1. The SMILES string of the molecule is COC(=O)C1=[N+](c2ccc(C3=C/C(=C4\C(=O)Nc5ccc(F)cc54)OC3(C)C)cn2)C[C@H](O)C1. The molecule has 2 aromatic rings. The van der Waals surface area contributed by atoms with Crippen LogP contribution in [-0.2, 0) is 19.1 Å². The zero-order chi connectivity index (χ0) is 24.2. The average molecular weight is 464 g/mol. The fraction of sp³-hybridized carbons (Fsp3) is 0.280. The van der Waals surface area contributed by atoms with Crippen LogP contribution in [0.25, 0.3) is 11.1 Å². The molecule has 1 amide bonds. The number of nitrogens with zero attached hydrogens (tertiary/aromatic N) is 2. The second kappa shape index (κ2) is 7.88. The number of methoxy groups -OCH3 is 1. The van der Waals surface area contributed by atoms with Gasteiger partial charge in [-0.25, -0.2) is 13.8 Å². The third-order valence-corrected chi connectivity index (χ3v) is 6.17. The predicted molar refractivity (Wildman–Crippen MR) is 122 cm³/mol. The first-order valence-electron chi connectivity index (χ1n) is 10.8. The van der Waals surface area contributed by atoms with Crippen LogP contribution in [0.1, 0.15) is 31.4 Å². The Labute approximate surface area is 195 Å². The number of aromatic nitrogens is 1. The molecule has 3 aliphatic rings. The van der Waals surface area contributed by atoms with Crippen molar-refractivity contribution in [1.29, 1.82) is 0 Å². The maximum atomic E-state index is 13.9. The van der Waals surface area contributed by atoms with Gasteiger partial charge in [-0.1, -0.05) is 0 Å². The molecule has 8 nitrogen and oxygen atoms in total. The first-order valence-corrected chi connectivity index (χ1v) is 10.8. The molecule has 9 heteroatoms. The first-order chi connectivity index (χ1) is 16.2. The van der Waals surface area contributed by atoms with Crippen molar-refractivity contribution in [2.75, 3.05) is 19.0 Å². The van der Waals surface area contributed by atoms with Crippen molar-refractivity contribution in [3.63, 3.8) is 0 Å². The van der Waals surface area contributed by atoms with Crippen LogP contribution in [-0.4, -0.2) is 57.6 Å². The number of β-amino-alcohol motifs (C(OH)–C–C–N with tert-alkyl or cyclic N) is 1. The van der Waals surface area contributed by atoms with Gasteiger partial charge in [0.25, 0.3) is 5.91 Å². The van der Waals surface area contributed by atoms with Crippen molar-refractivity contribution >= 4 is 40.2 Å². The normalized spacial score (nSPS) is 22.9. The molecule has 0 radical (unpaired) electrons. The second-order valence-corrected chi connectivity index (χ2v) is 8.87. The Bertz CT molecular complexity index is 1320. The minimum Gasteiger partial charge on any atom is -0.482 e. The van der Waals surface area contributed by atoms with E-state index in [9.17, 15) is 19.1 Å². The Morgan fingerprint density at radius 1 is 1.32 bits per heavy atom. The second-order valence-electron chi connectivity index (χ2n) is 8.87. The zero-order valence-corrected chi connectivity index (χ0v) is 18.9. The summed E-state index contributed by atoms with van der Waals surface area (Å²) < 4.78 is 26.5. The number of anilines is 1. The maximum Gasteiger partial charge on any atom is 0.373 e. The lowest BCUT2D eigenvalue weighted by atomic mass is 9.93. The van der Waals surface area contributed by atoms with E-state index in [-0.39, 0.29) is 24.4 Å².